The normalized spacial score (nSPS) is 19.2. The number of H-pyrrole nitrogens is 1. The van der Waals surface area contributed by atoms with Crippen molar-refractivity contribution in [2.45, 2.75) is 12.5 Å². The van der Waals surface area contributed by atoms with Crippen LogP contribution in [0.25, 0.3) is 11.3 Å². The molecule has 0 radical (unpaired) electrons. The molecule has 3 heterocycles. The Labute approximate surface area is 188 Å². The molecule has 2 aliphatic rings. The second-order valence-electron chi connectivity index (χ2n) is 8.28. The van der Waals surface area contributed by atoms with Gasteiger partial charge in [0.15, 0.2) is 0 Å². The minimum absolute atomic E-state index is 0.0108. The van der Waals surface area contributed by atoms with E-state index in [9.17, 15) is 4.79 Å². The molecule has 1 amide bonds. The van der Waals surface area contributed by atoms with Crippen LogP contribution in [0, 0.1) is 0 Å². The molecule has 0 spiro atoms. The molecule has 7 nitrogen and oxygen atoms in total. The van der Waals surface area contributed by atoms with Gasteiger partial charge in [0.2, 0.25) is 0 Å². The average molecular weight is 432 g/mol. The number of ether oxygens (including phenoxy) is 1. The topological polar surface area (TPSA) is 73.5 Å². The van der Waals surface area contributed by atoms with E-state index in [1.54, 1.807) is 6.33 Å². The van der Waals surface area contributed by atoms with E-state index < -0.39 is 0 Å². The smallest absolute Gasteiger partial charge is 0.272 e. The Morgan fingerprint density at radius 1 is 1.03 bits per heavy atom. The number of carbonyl (C=O) groups excluding carboxylic acids is 1. The monoisotopic (exact) mass is 431 g/mol. The van der Waals surface area contributed by atoms with Crippen LogP contribution in [0.15, 0.2) is 60.9 Å². The molecular formula is C25H29N5O2. The van der Waals surface area contributed by atoms with Crippen LogP contribution in [0.1, 0.15) is 16.1 Å². The van der Waals surface area contributed by atoms with Crippen LogP contribution in [0.4, 0.5) is 5.69 Å². The summed E-state index contributed by atoms with van der Waals surface area (Å²) in [7, 11) is 0. The van der Waals surface area contributed by atoms with Crippen molar-refractivity contribution < 1.29 is 9.53 Å². The van der Waals surface area contributed by atoms with Crippen molar-refractivity contribution in [2.75, 3.05) is 50.8 Å². The van der Waals surface area contributed by atoms with Gasteiger partial charge < -0.3 is 24.8 Å². The van der Waals surface area contributed by atoms with Gasteiger partial charge in [0.05, 0.1) is 19.5 Å². The lowest BCUT2D eigenvalue weighted by Gasteiger charge is -2.37. The fourth-order valence-electron chi connectivity index (χ4n) is 4.68. The number of aromatic nitrogens is 2. The summed E-state index contributed by atoms with van der Waals surface area (Å²) in [5.41, 5.74) is 4.74. The maximum atomic E-state index is 13.6. The Bertz CT molecular complexity index is 1050. The van der Waals surface area contributed by atoms with E-state index in [2.05, 4.69) is 44.5 Å². The first-order chi connectivity index (χ1) is 15.8. The van der Waals surface area contributed by atoms with E-state index in [-0.39, 0.29) is 11.9 Å². The SMILES string of the molecule is O=C(c1[nH]cnc1-c1ccccc1)N1CCNC[C@H]1Cc1ccccc1N1CCOCC1. The van der Waals surface area contributed by atoms with Crippen molar-refractivity contribution in [2.24, 2.45) is 0 Å². The van der Waals surface area contributed by atoms with E-state index in [1.165, 1.54) is 11.3 Å². The highest BCUT2D eigenvalue weighted by molar-refractivity contribution is 5.98. The van der Waals surface area contributed by atoms with Crippen molar-refractivity contribution in [1.82, 2.24) is 20.2 Å². The maximum Gasteiger partial charge on any atom is 0.272 e. The van der Waals surface area contributed by atoms with Gasteiger partial charge in [0, 0.05) is 50.0 Å². The number of nitrogens with zero attached hydrogens (tertiary/aromatic N) is 3. The fraction of sp³-hybridized carbons (Fsp3) is 0.360. The number of hydrogen-bond acceptors (Lipinski definition) is 5. The number of aromatic amines is 1. The van der Waals surface area contributed by atoms with E-state index in [1.807, 2.05) is 35.2 Å². The number of amides is 1. The van der Waals surface area contributed by atoms with Gasteiger partial charge in [-0.25, -0.2) is 4.98 Å². The zero-order valence-electron chi connectivity index (χ0n) is 18.2. The van der Waals surface area contributed by atoms with Gasteiger partial charge in [-0.3, -0.25) is 4.79 Å². The van der Waals surface area contributed by atoms with Crippen LogP contribution >= 0.6 is 0 Å². The second-order valence-corrected chi connectivity index (χ2v) is 8.28. The number of para-hydroxylation sites is 1. The number of imidazole rings is 1. The standard InChI is InChI=1S/C25H29N5O2/c31-25(24-23(27-18-28-24)19-6-2-1-3-7-19)30-11-10-26-17-21(30)16-20-8-4-5-9-22(20)29-12-14-32-15-13-29/h1-9,18,21,26H,10-17H2,(H,27,28)/t21-/m1/s1. The summed E-state index contributed by atoms with van der Waals surface area (Å²) in [6.45, 7) is 5.56. The molecule has 2 fully saturated rings. The quantitative estimate of drug-likeness (QED) is 0.650. The summed E-state index contributed by atoms with van der Waals surface area (Å²) in [5, 5.41) is 3.48. The highest BCUT2D eigenvalue weighted by Crippen LogP contribution is 2.26. The number of piperazine rings is 1. The van der Waals surface area contributed by atoms with Crippen molar-refractivity contribution in [1.29, 1.82) is 0 Å². The van der Waals surface area contributed by atoms with Crippen molar-refractivity contribution >= 4 is 11.6 Å². The highest BCUT2D eigenvalue weighted by Gasteiger charge is 2.31. The Balaban J connectivity index is 1.39. The number of rotatable bonds is 5. The number of carbonyl (C=O) groups is 1. The molecule has 1 atom stereocenters. The van der Waals surface area contributed by atoms with Gasteiger partial charge in [-0.15, -0.1) is 0 Å². The molecule has 2 aliphatic heterocycles. The predicted octanol–water partition coefficient (Wildman–Crippen LogP) is 2.57. The fourth-order valence-corrected chi connectivity index (χ4v) is 4.68. The van der Waals surface area contributed by atoms with Gasteiger partial charge in [-0.1, -0.05) is 48.5 Å². The average Bonchev–Trinajstić information content (AvgIpc) is 3.36. The molecule has 7 heteroatoms. The van der Waals surface area contributed by atoms with Crippen LogP contribution in [0.5, 0.6) is 0 Å². The first-order valence-electron chi connectivity index (χ1n) is 11.3. The third kappa shape index (κ3) is 4.26. The highest BCUT2D eigenvalue weighted by atomic mass is 16.5. The van der Waals surface area contributed by atoms with Crippen LogP contribution in [0.2, 0.25) is 0 Å². The lowest BCUT2D eigenvalue weighted by Crippen LogP contribution is -2.54. The second kappa shape index (κ2) is 9.54. The third-order valence-corrected chi connectivity index (χ3v) is 6.31. The summed E-state index contributed by atoms with van der Waals surface area (Å²) in [6.07, 6.45) is 2.42. The van der Waals surface area contributed by atoms with Crippen LogP contribution in [-0.4, -0.2) is 72.8 Å². The summed E-state index contributed by atoms with van der Waals surface area (Å²) in [6, 6.07) is 18.5. The minimum atomic E-state index is 0.0108. The van der Waals surface area contributed by atoms with Crippen molar-refractivity contribution in [3.8, 4) is 11.3 Å². The summed E-state index contributed by atoms with van der Waals surface area (Å²) >= 11 is 0. The van der Waals surface area contributed by atoms with Gasteiger partial charge in [-0.05, 0) is 18.1 Å². The molecule has 0 aliphatic carbocycles. The minimum Gasteiger partial charge on any atom is -0.378 e. The van der Waals surface area contributed by atoms with Gasteiger partial charge >= 0.3 is 0 Å². The Morgan fingerprint density at radius 3 is 2.66 bits per heavy atom. The number of nitrogens with one attached hydrogen (secondary N) is 2. The first kappa shape index (κ1) is 20.7. The van der Waals surface area contributed by atoms with Crippen LogP contribution in [0.3, 0.4) is 0 Å². The van der Waals surface area contributed by atoms with E-state index in [0.717, 1.165) is 51.4 Å². The summed E-state index contributed by atoms with van der Waals surface area (Å²) in [4.78, 5) is 25.6. The Kier molecular flexibility index (Phi) is 6.18. The summed E-state index contributed by atoms with van der Waals surface area (Å²) in [5.74, 6) is 0.0108. The largest absolute Gasteiger partial charge is 0.378 e. The third-order valence-electron chi connectivity index (χ3n) is 6.31. The summed E-state index contributed by atoms with van der Waals surface area (Å²) < 4.78 is 5.53. The zero-order chi connectivity index (χ0) is 21.8. The number of anilines is 1. The molecule has 5 rings (SSSR count). The van der Waals surface area contributed by atoms with Crippen molar-refractivity contribution in [3.05, 3.63) is 72.2 Å². The molecule has 3 aromatic rings. The van der Waals surface area contributed by atoms with E-state index in [0.29, 0.717) is 17.9 Å². The predicted molar refractivity (Wildman–Crippen MR) is 125 cm³/mol. The molecule has 0 unspecified atom stereocenters. The first-order valence-corrected chi connectivity index (χ1v) is 11.3. The molecule has 2 aromatic carbocycles. The molecule has 2 N–H and O–H groups in total. The van der Waals surface area contributed by atoms with E-state index in [4.69, 9.17) is 4.74 Å². The number of morpholine rings is 1. The van der Waals surface area contributed by atoms with E-state index >= 15 is 0 Å². The molecule has 0 saturated carbocycles. The van der Waals surface area contributed by atoms with Crippen LogP contribution in [-0.2, 0) is 11.2 Å². The lowest BCUT2D eigenvalue weighted by molar-refractivity contribution is 0.0631. The number of hydrogen-bond donors (Lipinski definition) is 2. The van der Waals surface area contributed by atoms with Gasteiger partial charge in [-0.2, -0.15) is 0 Å². The molecule has 1 aromatic heterocycles. The Hall–Kier alpha value is -3.16. The number of benzene rings is 2. The zero-order valence-corrected chi connectivity index (χ0v) is 18.2. The van der Waals surface area contributed by atoms with Crippen molar-refractivity contribution in [3.63, 3.8) is 0 Å². The van der Waals surface area contributed by atoms with Gasteiger partial charge in [0.1, 0.15) is 11.4 Å². The molecule has 32 heavy (non-hydrogen) atoms. The maximum absolute atomic E-state index is 13.6. The molecule has 166 valence electrons. The Morgan fingerprint density at radius 2 is 1.81 bits per heavy atom. The lowest BCUT2D eigenvalue weighted by atomic mass is 9.99. The van der Waals surface area contributed by atoms with Gasteiger partial charge in [0.25, 0.3) is 5.91 Å². The molecule has 0 bridgehead atoms. The molecular weight excluding hydrogens is 402 g/mol. The van der Waals surface area contributed by atoms with Crippen LogP contribution < -0.4 is 10.2 Å². The molecule has 2 saturated heterocycles.